The van der Waals surface area contributed by atoms with Crippen LogP contribution in [0.1, 0.15) is 316 Å². The van der Waals surface area contributed by atoms with Crippen LogP contribution in [0.15, 0.2) is 109 Å². The average molecular weight is 1230 g/mol. The third kappa shape index (κ3) is 66.9. The summed E-state index contributed by atoms with van der Waals surface area (Å²) in [5, 5.41) is 3.06. The average Bonchev–Trinajstić information content (AvgIpc) is 3.70. The molecule has 502 valence electrons. The lowest BCUT2D eigenvalue weighted by Crippen LogP contribution is -2.47. The van der Waals surface area contributed by atoms with Crippen molar-refractivity contribution in [2.24, 2.45) is 0 Å². The van der Waals surface area contributed by atoms with Crippen LogP contribution in [0, 0.1) is 0 Å². The number of unbranched alkanes of at least 4 members (excludes halogenated alkanes) is 33. The topological polar surface area (TPSA) is 111 Å². The third-order valence-corrected chi connectivity index (χ3v) is 16.7. The first-order chi connectivity index (χ1) is 42.4. The lowest BCUT2D eigenvalue weighted by molar-refractivity contribution is -0.870. The summed E-state index contributed by atoms with van der Waals surface area (Å²) in [6.07, 6.45) is 90.9. The minimum Gasteiger partial charge on any atom is -0.456 e. The van der Waals surface area contributed by atoms with Gasteiger partial charge in [-0.05, 0) is 122 Å². The van der Waals surface area contributed by atoms with E-state index in [1.54, 1.807) is 0 Å². The first kappa shape index (κ1) is 83.7. The smallest absolute Gasteiger partial charge is 0.456 e. The van der Waals surface area contributed by atoms with E-state index in [0.29, 0.717) is 17.4 Å². The van der Waals surface area contributed by atoms with Crippen LogP contribution in [0.3, 0.4) is 0 Å². The number of carbonyl (C=O) groups excluding carboxylic acids is 2. The van der Waals surface area contributed by atoms with Crippen molar-refractivity contribution < 1.29 is 37.3 Å². The highest BCUT2D eigenvalue weighted by Gasteiger charge is 2.30. The fourth-order valence-corrected chi connectivity index (χ4v) is 10.8. The number of nitrogens with one attached hydrogen (secondary N) is 1. The summed E-state index contributed by atoms with van der Waals surface area (Å²) in [4.78, 5) is 37.9. The predicted molar refractivity (Wildman–Crippen MR) is 378 cm³/mol. The fourth-order valence-electron chi connectivity index (χ4n) is 10.1. The molecule has 0 aromatic carbocycles. The van der Waals surface area contributed by atoms with Crippen LogP contribution in [0.5, 0.6) is 0 Å². The molecule has 0 rings (SSSR count). The number of hydrogen-bond donors (Lipinski definition) is 2. The molecule has 0 aromatic rings. The van der Waals surface area contributed by atoms with Crippen LogP contribution in [0.4, 0.5) is 0 Å². The second-order valence-corrected chi connectivity index (χ2v) is 26.9. The lowest BCUT2D eigenvalue weighted by atomic mass is 10.0. The molecule has 9 nitrogen and oxygen atoms in total. The summed E-state index contributed by atoms with van der Waals surface area (Å²) in [7, 11) is 1.47. The number of rotatable bonds is 65. The van der Waals surface area contributed by atoms with Crippen molar-refractivity contribution in [1.29, 1.82) is 0 Å². The largest absolute Gasteiger partial charge is 0.472 e. The second kappa shape index (κ2) is 65.6. The van der Waals surface area contributed by atoms with Gasteiger partial charge in [-0.2, -0.15) is 0 Å². The van der Waals surface area contributed by atoms with E-state index in [2.05, 4.69) is 123 Å². The molecule has 0 aliphatic carbocycles. The van der Waals surface area contributed by atoms with E-state index in [9.17, 15) is 19.0 Å². The van der Waals surface area contributed by atoms with Crippen molar-refractivity contribution >= 4 is 19.7 Å². The summed E-state index contributed by atoms with van der Waals surface area (Å²) in [6.45, 7) is 6.96. The number of nitrogens with zero attached hydrogens (tertiary/aromatic N) is 1. The number of esters is 1. The van der Waals surface area contributed by atoms with Crippen LogP contribution in [-0.4, -0.2) is 74.3 Å². The van der Waals surface area contributed by atoms with Crippen molar-refractivity contribution in [3.05, 3.63) is 109 Å². The molecule has 0 aliphatic heterocycles. The van der Waals surface area contributed by atoms with Crippen molar-refractivity contribution in [3.63, 3.8) is 0 Å². The highest BCUT2D eigenvalue weighted by molar-refractivity contribution is 7.47. The Morgan fingerprint density at radius 1 is 0.402 bits per heavy atom. The highest BCUT2D eigenvalue weighted by Crippen LogP contribution is 2.43. The first-order valence-corrected chi connectivity index (χ1v) is 37.7. The van der Waals surface area contributed by atoms with Crippen molar-refractivity contribution in [2.45, 2.75) is 328 Å². The summed E-state index contributed by atoms with van der Waals surface area (Å²) in [5.74, 6) is -0.527. The second-order valence-electron chi connectivity index (χ2n) is 25.4. The number of phosphoric ester groups is 1. The number of likely N-dealkylation sites (N-methyl/N-ethyl adjacent to an activating group) is 1. The van der Waals surface area contributed by atoms with Gasteiger partial charge in [-0.3, -0.25) is 18.6 Å². The van der Waals surface area contributed by atoms with Gasteiger partial charge < -0.3 is 19.4 Å². The van der Waals surface area contributed by atoms with Gasteiger partial charge >= 0.3 is 13.8 Å². The van der Waals surface area contributed by atoms with Gasteiger partial charge in [0, 0.05) is 12.8 Å². The van der Waals surface area contributed by atoms with E-state index in [-0.39, 0.29) is 31.5 Å². The Kier molecular flexibility index (Phi) is 63.1. The number of carbonyl (C=O) groups is 2. The van der Waals surface area contributed by atoms with Gasteiger partial charge in [0.05, 0.1) is 33.8 Å². The number of quaternary nitrogens is 1. The minimum atomic E-state index is -4.47. The predicted octanol–water partition coefficient (Wildman–Crippen LogP) is 23.2. The van der Waals surface area contributed by atoms with Gasteiger partial charge in [0.15, 0.2) is 0 Å². The minimum absolute atomic E-state index is 0.0312. The Bertz CT molecular complexity index is 1860. The van der Waals surface area contributed by atoms with E-state index in [0.717, 1.165) is 116 Å². The standard InChI is InChI=1S/C77H137N2O7P/c1-7-10-13-16-19-22-25-28-30-32-34-36-37-38-39-40-41-43-45-47-49-52-55-58-61-64-67-70-77(81)86-75(68-65-62-59-56-53-50-27-24-21-18-15-12-9-3)74(73-85-87(82,83)84-72-71-79(4,5)6)78-76(80)69-66-63-60-57-54-51-48-46-44-42-35-33-31-29-26-23-20-17-14-11-8-2/h19-20,22-23,28-31,34-36,38-39,42,46,48,65,68,74-75H,7-18,21,24-27,32-33,37,40-41,43-45,47,49-64,66-67,69-73H2,1-6H3,(H-,78,80,82,83)/p+1/b22-19-,23-20-,30-28-,31-29-,36-34-,39-38-,42-35-,48-46-,68-65-. The molecule has 1 amide bonds. The molecule has 2 N–H and O–H groups in total. The summed E-state index contributed by atoms with van der Waals surface area (Å²) in [5.41, 5.74) is 0. The maximum atomic E-state index is 13.6. The van der Waals surface area contributed by atoms with E-state index in [4.69, 9.17) is 13.8 Å². The zero-order valence-electron chi connectivity index (χ0n) is 57.5. The molecule has 3 unspecified atom stereocenters. The quantitative estimate of drug-likeness (QED) is 0.0205. The maximum Gasteiger partial charge on any atom is 0.472 e. The van der Waals surface area contributed by atoms with E-state index in [1.807, 2.05) is 33.3 Å². The van der Waals surface area contributed by atoms with Crippen molar-refractivity contribution in [3.8, 4) is 0 Å². The first-order valence-electron chi connectivity index (χ1n) is 36.2. The molecule has 0 saturated carbocycles. The molecule has 10 heteroatoms. The Morgan fingerprint density at radius 3 is 1.07 bits per heavy atom. The van der Waals surface area contributed by atoms with Gasteiger partial charge in [-0.1, -0.05) is 291 Å². The van der Waals surface area contributed by atoms with Gasteiger partial charge in [0.1, 0.15) is 19.3 Å². The third-order valence-electron chi connectivity index (χ3n) is 15.7. The Balaban J connectivity index is 5.13. The maximum absolute atomic E-state index is 13.6. The molecule has 0 saturated heterocycles. The van der Waals surface area contributed by atoms with Crippen LogP contribution in [0.25, 0.3) is 0 Å². The molecule has 0 radical (unpaired) electrons. The molecule has 0 aliphatic rings. The summed E-state index contributed by atoms with van der Waals surface area (Å²) >= 11 is 0. The molecular formula is C77H138N2O7P+. The molecule has 87 heavy (non-hydrogen) atoms. The Hall–Kier alpha value is -3.33. The van der Waals surface area contributed by atoms with Crippen molar-refractivity contribution in [1.82, 2.24) is 5.32 Å². The molecule has 3 atom stereocenters. The zero-order valence-corrected chi connectivity index (χ0v) is 58.4. The lowest BCUT2D eigenvalue weighted by Gasteiger charge is -2.27. The van der Waals surface area contributed by atoms with Crippen LogP contribution in [-0.2, 0) is 27.9 Å². The van der Waals surface area contributed by atoms with Gasteiger partial charge in [0.25, 0.3) is 0 Å². The number of hydrogen-bond acceptors (Lipinski definition) is 6. The van der Waals surface area contributed by atoms with Crippen LogP contribution < -0.4 is 5.32 Å². The number of ether oxygens (including phenoxy) is 1. The number of amides is 1. The van der Waals surface area contributed by atoms with Crippen LogP contribution in [0.2, 0.25) is 0 Å². The highest BCUT2D eigenvalue weighted by atomic mass is 31.2. The van der Waals surface area contributed by atoms with Crippen LogP contribution >= 0.6 is 7.82 Å². The molecule has 0 aromatic heterocycles. The fraction of sp³-hybridized carbons (Fsp3) is 0.740. The van der Waals surface area contributed by atoms with Gasteiger partial charge in [0.2, 0.25) is 5.91 Å². The molecule has 0 bridgehead atoms. The SMILES string of the molecule is CCCCC/C=C\C/C=C\C/C=C\C/C=C\CCCCCCCCCCCCCC(=O)OC(/C=C\CCCCCCCCCCCCC)C(COP(=O)(O)OCC[N+](C)(C)C)NC(=O)CCCCCCC/C=C\C/C=C\C/C=C\C/C=C\CCCCC. The summed E-state index contributed by atoms with van der Waals surface area (Å²) < 4.78 is 30.8. The zero-order chi connectivity index (χ0) is 63.5. The van der Waals surface area contributed by atoms with E-state index < -0.39 is 20.0 Å². The van der Waals surface area contributed by atoms with E-state index in [1.165, 1.54) is 167 Å². The monoisotopic (exact) mass is 1230 g/mol. The number of allylic oxidation sites excluding steroid dienone is 17. The molecule has 0 spiro atoms. The van der Waals surface area contributed by atoms with Crippen molar-refractivity contribution in [2.75, 3.05) is 40.9 Å². The Morgan fingerprint density at radius 2 is 0.701 bits per heavy atom. The molecule has 0 fully saturated rings. The van der Waals surface area contributed by atoms with Gasteiger partial charge in [-0.25, -0.2) is 4.57 Å². The number of phosphoric acid groups is 1. The molecular weight excluding hydrogens is 1100 g/mol. The van der Waals surface area contributed by atoms with E-state index >= 15 is 0 Å². The molecule has 0 heterocycles. The Labute approximate surface area is 538 Å². The summed E-state index contributed by atoms with van der Waals surface area (Å²) in [6, 6.07) is -0.868. The van der Waals surface area contributed by atoms with Gasteiger partial charge in [-0.15, -0.1) is 0 Å². The normalized spacial score (nSPS) is 14.1.